The van der Waals surface area contributed by atoms with Gasteiger partial charge in [-0.05, 0) is 53.2 Å². The predicted molar refractivity (Wildman–Crippen MR) is 70.3 cm³/mol. The molecule has 0 bridgehead atoms. The number of hydrogen-bond acceptors (Lipinski definition) is 5. The van der Waals surface area contributed by atoms with Crippen LogP contribution in [0.4, 0.5) is 5.69 Å². The van der Waals surface area contributed by atoms with E-state index in [1.165, 1.54) is 25.7 Å². The second-order valence-corrected chi connectivity index (χ2v) is 5.56. The summed E-state index contributed by atoms with van der Waals surface area (Å²) in [5.74, 6) is 0. The number of benzene rings is 1. The third kappa shape index (κ3) is 2.33. The van der Waals surface area contributed by atoms with E-state index in [9.17, 15) is 0 Å². The fourth-order valence-electron chi connectivity index (χ4n) is 2.31. The molecule has 0 spiro atoms. The largest absolute Gasteiger partial charge is 0.399 e. The van der Waals surface area contributed by atoms with Crippen molar-refractivity contribution in [2.75, 3.05) is 5.73 Å². The van der Waals surface area contributed by atoms with E-state index in [-0.39, 0.29) is 0 Å². The molecular formula is C12H15N5S. The Morgan fingerprint density at radius 2 is 2.11 bits per heavy atom. The van der Waals surface area contributed by atoms with Gasteiger partial charge in [0.25, 0.3) is 0 Å². The smallest absolute Gasteiger partial charge is 0.214 e. The molecule has 1 aliphatic carbocycles. The van der Waals surface area contributed by atoms with Crippen LogP contribution in [0.5, 0.6) is 0 Å². The zero-order valence-corrected chi connectivity index (χ0v) is 10.8. The van der Waals surface area contributed by atoms with Gasteiger partial charge < -0.3 is 5.73 Å². The van der Waals surface area contributed by atoms with Gasteiger partial charge in [-0.1, -0.05) is 18.9 Å². The van der Waals surface area contributed by atoms with Crippen molar-refractivity contribution in [2.24, 2.45) is 0 Å². The molecule has 2 aromatic rings. The average molecular weight is 261 g/mol. The van der Waals surface area contributed by atoms with Crippen LogP contribution in [-0.4, -0.2) is 20.2 Å². The summed E-state index contributed by atoms with van der Waals surface area (Å²) in [6.45, 7) is 0. The molecule has 0 amide bonds. The number of tetrazole rings is 1. The molecule has 0 atom stereocenters. The van der Waals surface area contributed by atoms with Crippen LogP contribution in [0.2, 0.25) is 0 Å². The SMILES string of the molecule is Nc1cccc(Sc2nnnn2C2CCCC2)c1. The summed E-state index contributed by atoms with van der Waals surface area (Å²) in [5.41, 5.74) is 6.54. The van der Waals surface area contributed by atoms with Gasteiger partial charge in [0.05, 0.1) is 6.04 Å². The highest BCUT2D eigenvalue weighted by molar-refractivity contribution is 7.99. The monoisotopic (exact) mass is 261 g/mol. The molecular weight excluding hydrogens is 246 g/mol. The minimum Gasteiger partial charge on any atom is -0.399 e. The van der Waals surface area contributed by atoms with Gasteiger partial charge in [0.1, 0.15) is 0 Å². The van der Waals surface area contributed by atoms with E-state index in [2.05, 4.69) is 15.5 Å². The van der Waals surface area contributed by atoms with Gasteiger partial charge in [0.2, 0.25) is 5.16 Å². The molecule has 0 aliphatic heterocycles. The van der Waals surface area contributed by atoms with Crippen molar-refractivity contribution in [3.8, 4) is 0 Å². The van der Waals surface area contributed by atoms with Crippen molar-refractivity contribution in [1.29, 1.82) is 0 Å². The van der Waals surface area contributed by atoms with E-state index < -0.39 is 0 Å². The zero-order valence-electron chi connectivity index (χ0n) is 9.99. The van der Waals surface area contributed by atoms with Gasteiger partial charge in [-0.15, -0.1) is 5.10 Å². The topological polar surface area (TPSA) is 69.6 Å². The third-order valence-corrected chi connectivity index (χ3v) is 4.14. The second kappa shape index (κ2) is 4.97. The Labute approximate surface area is 110 Å². The highest BCUT2D eigenvalue weighted by Crippen LogP contribution is 2.33. The molecule has 6 heteroatoms. The summed E-state index contributed by atoms with van der Waals surface area (Å²) in [4.78, 5) is 1.07. The standard InChI is InChI=1S/C12H15N5S/c13-9-4-3-7-11(8-9)18-12-14-15-16-17(12)10-5-1-2-6-10/h3-4,7-8,10H,1-2,5-6,13H2. The maximum atomic E-state index is 5.78. The molecule has 0 unspecified atom stereocenters. The van der Waals surface area contributed by atoms with E-state index in [1.807, 2.05) is 28.9 Å². The number of nitrogens with zero attached hydrogens (tertiary/aromatic N) is 4. The molecule has 2 N–H and O–H groups in total. The first-order valence-electron chi connectivity index (χ1n) is 6.14. The minimum atomic E-state index is 0.462. The summed E-state index contributed by atoms with van der Waals surface area (Å²) in [7, 11) is 0. The lowest BCUT2D eigenvalue weighted by Gasteiger charge is -2.10. The Morgan fingerprint density at radius 1 is 1.28 bits per heavy atom. The average Bonchev–Trinajstić information content (AvgIpc) is 2.98. The zero-order chi connectivity index (χ0) is 12.4. The van der Waals surface area contributed by atoms with E-state index in [0.29, 0.717) is 6.04 Å². The lowest BCUT2D eigenvalue weighted by molar-refractivity contribution is 0.423. The lowest BCUT2D eigenvalue weighted by atomic mass is 10.3. The Morgan fingerprint density at radius 3 is 2.89 bits per heavy atom. The normalized spacial score (nSPS) is 16.2. The molecule has 1 fully saturated rings. The Bertz CT molecular complexity index is 533. The maximum Gasteiger partial charge on any atom is 0.214 e. The van der Waals surface area contributed by atoms with Gasteiger partial charge in [0, 0.05) is 10.6 Å². The van der Waals surface area contributed by atoms with Crippen molar-refractivity contribution in [1.82, 2.24) is 20.2 Å². The number of nitrogens with two attached hydrogens (primary N) is 1. The van der Waals surface area contributed by atoms with Gasteiger partial charge in [-0.3, -0.25) is 0 Å². The Hall–Kier alpha value is -1.56. The molecule has 0 radical (unpaired) electrons. The van der Waals surface area contributed by atoms with E-state index in [0.717, 1.165) is 15.7 Å². The number of nitrogen functional groups attached to an aromatic ring is 1. The summed E-state index contributed by atoms with van der Waals surface area (Å²) in [5, 5.41) is 12.9. The van der Waals surface area contributed by atoms with Crippen molar-refractivity contribution >= 4 is 17.4 Å². The first kappa shape index (κ1) is 11.5. The van der Waals surface area contributed by atoms with Crippen LogP contribution >= 0.6 is 11.8 Å². The van der Waals surface area contributed by atoms with Crippen LogP contribution in [0.25, 0.3) is 0 Å². The fourth-order valence-corrected chi connectivity index (χ4v) is 3.22. The summed E-state index contributed by atoms with van der Waals surface area (Å²) in [6, 6.07) is 8.25. The highest BCUT2D eigenvalue weighted by Gasteiger charge is 2.21. The third-order valence-electron chi connectivity index (χ3n) is 3.20. The van der Waals surface area contributed by atoms with E-state index >= 15 is 0 Å². The molecule has 5 nitrogen and oxygen atoms in total. The fraction of sp³-hybridized carbons (Fsp3) is 0.417. The maximum absolute atomic E-state index is 5.78. The molecule has 1 heterocycles. The highest BCUT2D eigenvalue weighted by atomic mass is 32.2. The second-order valence-electron chi connectivity index (χ2n) is 4.52. The number of hydrogen-bond donors (Lipinski definition) is 1. The minimum absolute atomic E-state index is 0.462. The molecule has 1 aliphatic rings. The molecule has 0 saturated heterocycles. The quantitative estimate of drug-likeness (QED) is 0.860. The van der Waals surface area contributed by atoms with Crippen LogP contribution in [0, 0.1) is 0 Å². The molecule has 94 valence electrons. The van der Waals surface area contributed by atoms with Crippen LogP contribution in [0.3, 0.4) is 0 Å². The van der Waals surface area contributed by atoms with Crippen molar-refractivity contribution in [2.45, 2.75) is 41.8 Å². The predicted octanol–water partition coefficient (Wildman–Crippen LogP) is 2.52. The molecule has 1 aromatic heterocycles. The number of rotatable bonds is 3. The first-order chi connectivity index (χ1) is 8.83. The van der Waals surface area contributed by atoms with Crippen LogP contribution in [0.1, 0.15) is 31.7 Å². The molecule has 3 rings (SSSR count). The number of anilines is 1. The molecule has 1 aromatic carbocycles. The van der Waals surface area contributed by atoms with Crippen molar-refractivity contribution in [3.63, 3.8) is 0 Å². The van der Waals surface area contributed by atoms with Crippen LogP contribution < -0.4 is 5.73 Å². The lowest BCUT2D eigenvalue weighted by Crippen LogP contribution is -2.08. The van der Waals surface area contributed by atoms with Crippen molar-refractivity contribution < 1.29 is 0 Å². The van der Waals surface area contributed by atoms with Gasteiger partial charge in [-0.25, -0.2) is 4.68 Å². The van der Waals surface area contributed by atoms with Crippen LogP contribution in [0.15, 0.2) is 34.3 Å². The summed E-state index contributed by atoms with van der Waals surface area (Å²) < 4.78 is 1.96. The summed E-state index contributed by atoms with van der Waals surface area (Å²) >= 11 is 1.57. The van der Waals surface area contributed by atoms with E-state index in [1.54, 1.807) is 11.8 Å². The number of aromatic nitrogens is 4. The Kier molecular flexibility index (Phi) is 3.19. The van der Waals surface area contributed by atoms with Gasteiger partial charge in [-0.2, -0.15) is 0 Å². The Balaban J connectivity index is 1.82. The molecule has 1 saturated carbocycles. The summed E-state index contributed by atoms with van der Waals surface area (Å²) in [6.07, 6.45) is 4.89. The van der Waals surface area contributed by atoms with Crippen molar-refractivity contribution in [3.05, 3.63) is 24.3 Å². The van der Waals surface area contributed by atoms with Gasteiger partial charge in [0.15, 0.2) is 0 Å². The van der Waals surface area contributed by atoms with E-state index in [4.69, 9.17) is 5.73 Å². The first-order valence-corrected chi connectivity index (χ1v) is 6.96. The van der Waals surface area contributed by atoms with Crippen LogP contribution in [-0.2, 0) is 0 Å². The van der Waals surface area contributed by atoms with Gasteiger partial charge >= 0.3 is 0 Å². The molecule has 18 heavy (non-hydrogen) atoms.